The van der Waals surface area contributed by atoms with E-state index in [4.69, 9.17) is 0 Å². The normalized spacial score (nSPS) is 42.1. The second-order valence-corrected chi connectivity index (χ2v) is 12.4. The van der Waals surface area contributed by atoms with E-state index >= 15 is 0 Å². The lowest BCUT2D eigenvalue weighted by Crippen LogP contribution is -2.54. The molecule has 0 aromatic carbocycles. The van der Waals surface area contributed by atoms with Crippen LogP contribution < -0.4 is 0 Å². The average Bonchev–Trinajstić information content (AvgIpc) is 3.05. The zero-order valence-electron chi connectivity index (χ0n) is 21.2. The summed E-state index contributed by atoms with van der Waals surface area (Å²) < 4.78 is 0. The third-order valence-corrected chi connectivity index (χ3v) is 10.8. The molecule has 4 rings (SSSR count). The summed E-state index contributed by atoms with van der Waals surface area (Å²) >= 11 is 0. The lowest BCUT2D eigenvalue weighted by molar-refractivity contribution is -0.156. The Balaban J connectivity index is 1.73. The molecule has 0 aromatic heterocycles. The molecule has 4 aliphatic carbocycles. The Kier molecular flexibility index (Phi) is 6.04. The summed E-state index contributed by atoms with van der Waals surface area (Å²) in [7, 11) is 0. The minimum absolute atomic E-state index is 0.0117. The fourth-order valence-electron chi connectivity index (χ4n) is 9.02. The molecular formula is C29H44O3. The first-order chi connectivity index (χ1) is 15.0. The number of hydrogen-bond acceptors (Lipinski definition) is 2. The Morgan fingerprint density at radius 2 is 1.81 bits per heavy atom. The van der Waals surface area contributed by atoms with Crippen molar-refractivity contribution < 1.29 is 14.7 Å². The number of carbonyl (C=O) groups excluding carboxylic acids is 1. The first kappa shape index (κ1) is 23.8. The summed E-state index contributed by atoms with van der Waals surface area (Å²) in [5, 5.41) is 10.8. The zero-order chi connectivity index (χ0) is 23.5. The van der Waals surface area contributed by atoms with Crippen LogP contribution in [0.15, 0.2) is 22.8 Å². The van der Waals surface area contributed by atoms with E-state index in [1.54, 1.807) is 0 Å². The Hall–Kier alpha value is -1.38. The lowest BCUT2D eigenvalue weighted by Gasteiger charge is -2.58. The van der Waals surface area contributed by atoms with Crippen molar-refractivity contribution in [2.24, 2.45) is 39.9 Å². The quantitative estimate of drug-likeness (QED) is 0.454. The number of allylic oxidation sites excluding steroid dienone is 3. The molecule has 1 N–H and O–H groups in total. The van der Waals surface area contributed by atoms with E-state index in [9.17, 15) is 14.7 Å². The smallest absolute Gasteiger partial charge is 0.314 e. The van der Waals surface area contributed by atoms with Crippen LogP contribution >= 0.6 is 0 Å². The van der Waals surface area contributed by atoms with Gasteiger partial charge in [0.25, 0.3) is 0 Å². The zero-order valence-corrected chi connectivity index (χ0v) is 21.2. The summed E-state index contributed by atoms with van der Waals surface area (Å²) in [5.41, 5.74) is 3.25. The number of aliphatic carboxylic acids is 1. The van der Waals surface area contributed by atoms with Gasteiger partial charge < -0.3 is 5.11 Å². The minimum Gasteiger partial charge on any atom is -0.481 e. The summed E-state index contributed by atoms with van der Waals surface area (Å²) in [6, 6.07) is 0. The van der Waals surface area contributed by atoms with Crippen molar-refractivity contribution in [1.82, 2.24) is 0 Å². The molecule has 7 atom stereocenters. The Morgan fingerprint density at radius 3 is 2.47 bits per heavy atom. The van der Waals surface area contributed by atoms with Gasteiger partial charge in [0, 0.05) is 12.3 Å². The van der Waals surface area contributed by atoms with Gasteiger partial charge in [-0.1, -0.05) is 50.5 Å². The van der Waals surface area contributed by atoms with Gasteiger partial charge in [0.1, 0.15) is 5.78 Å². The largest absolute Gasteiger partial charge is 0.481 e. The summed E-state index contributed by atoms with van der Waals surface area (Å²) in [6.45, 7) is 13.5. The summed E-state index contributed by atoms with van der Waals surface area (Å²) in [4.78, 5) is 25.7. The van der Waals surface area contributed by atoms with Gasteiger partial charge in [-0.25, -0.2) is 0 Å². The van der Waals surface area contributed by atoms with Crippen molar-refractivity contribution in [2.75, 3.05) is 0 Å². The molecule has 3 heteroatoms. The molecule has 0 unspecified atom stereocenters. The highest BCUT2D eigenvalue weighted by Crippen LogP contribution is 2.71. The van der Waals surface area contributed by atoms with Gasteiger partial charge in [-0.05, 0) is 100 Å². The number of fused-ring (bicyclic) bond motifs is 4. The third kappa shape index (κ3) is 3.20. The van der Waals surface area contributed by atoms with Crippen molar-refractivity contribution in [3.8, 4) is 0 Å². The van der Waals surface area contributed by atoms with Crippen LogP contribution in [0, 0.1) is 39.9 Å². The average molecular weight is 441 g/mol. The van der Waals surface area contributed by atoms with Gasteiger partial charge in [-0.3, -0.25) is 9.59 Å². The van der Waals surface area contributed by atoms with E-state index in [1.807, 2.05) is 0 Å². The van der Waals surface area contributed by atoms with Crippen LogP contribution in [0.5, 0.6) is 0 Å². The predicted octanol–water partition coefficient (Wildman–Crippen LogP) is 7.36. The number of hydrogen-bond donors (Lipinski definition) is 1. The van der Waals surface area contributed by atoms with Crippen LogP contribution in [-0.2, 0) is 9.59 Å². The third-order valence-electron chi connectivity index (χ3n) is 10.8. The second-order valence-electron chi connectivity index (χ2n) is 12.4. The van der Waals surface area contributed by atoms with Crippen molar-refractivity contribution in [1.29, 1.82) is 0 Å². The first-order valence-corrected chi connectivity index (χ1v) is 13.1. The molecule has 0 heterocycles. The summed E-state index contributed by atoms with van der Waals surface area (Å²) in [6.07, 6.45) is 11.8. The highest BCUT2D eigenvalue weighted by atomic mass is 16.4. The maximum Gasteiger partial charge on any atom is 0.314 e. The maximum absolute atomic E-state index is 13.2. The van der Waals surface area contributed by atoms with Gasteiger partial charge in [-0.2, -0.15) is 0 Å². The number of carboxylic acids is 1. The molecule has 32 heavy (non-hydrogen) atoms. The Morgan fingerprint density at radius 1 is 1.09 bits per heavy atom. The molecule has 0 radical (unpaired) electrons. The molecule has 2 fully saturated rings. The fraction of sp³-hybridized carbons (Fsp3) is 0.793. The van der Waals surface area contributed by atoms with E-state index in [0.29, 0.717) is 30.0 Å². The minimum atomic E-state index is -0.700. The number of rotatable bonds is 5. The lowest BCUT2D eigenvalue weighted by atomic mass is 9.45. The van der Waals surface area contributed by atoms with Crippen molar-refractivity contribution in [2.45, 2.75) is 106 Å². The standard InChI is InChI=1S/C29H44O3/c1-18(2)8-7-9-19(3)21-13-17-29(26(31)32)24-11-10-22-20(4)25(30)14-15-27(22,5)23(24)12-16-28(21,29)6/h8,19-22H,7,9-17H2,1-6H3,(H,31,32)/t19-,20+,21-,22+,27+,28-,29+/m1/s1. The molecule has 0 bridgehead atoms. The molecule has 0 amide bonds. The van der Waals surface area contributed by atoms with E-state index in [0.717, 1.165) is 57.8 Å². The van der Waals surface area contributed by atoms with Crippen molar-refractivity contribution in [3.05, 3.63) is 22.8 Å². The van der Waals surface area contributed by atoms with Crippen LogP contribution in [0.1, 0.15) is 106 Å². The van der Waals surface area contributed by atoms with E-state index in [-0.39, 0.29) is 16.7 Å². The topological polar surface area (TPSA) is 54.4 Å². The van der Waals surface area contributed by atoms with Crippen molar-refractivity contribution >= 4 is 11.8 Å². The number of Topliss-reactive ketones (excluding diaryl/α,β-unsaturated/α-hetero) is 1. The van der Waals surface area contributed by atoms with Gasteiger partial charge in [-0.15, -0.1) is 0 Å². The van der Waals surface area contributed by atoms with E-state index in [2.05, 4.69) is 47.6 Å². The molecule has 0 saturated heterocycles. The molecule has 178 valence electrons. The number of carboxylic acid groups (broad SMARTS) is 1. The molecule has 3 nitrogen and oxygen atoms in total. The van der Waals surface area contributed by atoms with Crippen LogP contribution in [-0.4, -0.2) is 16.9 Å². The van der Waals surface area contributed by atoms with Crippen LogP contribution in [0.4, 0.5) is 0 Å². The number of carbonyl (C=O) groups is 2. The second kappa shape index (κ2) is 8.13. The predicted molar refractivity (Wildman–Crippen MR) is 129 cm³/mol. The highest BCUT2D eigenvalue weighted by molar-refractivity contribution is 5.84. The molecule has 0 spiro atoms. The summed E-state index contributed by atoms with van der Waals surface area (Å²) in [5.74, 6) is 1.35. The Labute approximate surface area is 195 Å². The van der Waals surface area contributed by atoms with Gasteiger partial charge in [0.15, 0.2) is 0 Å². The maximum atomic E-state index is 13.2. The molecule has 2 saturated carbocycles. The Bertz CT molecular complexity index is 862. The van der Waals surface area contributed by atoms with Crippen LogP contribution in [0.25, 0.3) is 0 Å². The van der Waals surface area contributed by atoms with Gasteiger partial charge >= 0.3 is 5.97 Å². The van der Waals surface area contributed by atoms with E-state index in [1.165, 1.54) is 16.7 Å². The molecule has 4 aliphatic rings. The first-order valence-electron chi connectivity index (χ1n) is 13.1. The SMILES string of the molecule is CC(C)=CCC[C@@H](C)[C@H]1CC[C@@]2(C(=O)O)C3=C(CC[C@]12C)[C@@]1(C)CCC(=O)[C@@H](C)[C@@H]1CC3. The van der Waals surface area contributed by atoms with Gasteiger partial charge in [0.2, 0.25) is 0 Å². The van der Waals surface area contributed by atoms with Crippen molar-refractivity contribution in [3.63, 3.8) is 0 Å². The monoisotopic (exact) mass is 440 g/mol. The molecule has 0 aliphatic heterocycles. The highest BCUT2D eigenvalue weighted by Gasteiger charge is 2.67. The molecule has 0 aromatic rings. The van der Waals surface area contributed by atoms with Gasteiger partial charge in [0.05, 0.1) is 5.41 Å². The molecular weight excluding hydrogens is 396 g/mol. The number of ketones is 1. The van der Waals surface area contributed by atoms with E-state index < -0.39 is 11.4 Å². The van der Waals surface area contributed by atoms with Crippen LogP contribution in [0.3, 0.4) is 0 Å². The van der Waals surface area contributed by atoms with Crippen LogP contribution in [0.2, 0.25) is 0 Å². The fourth-order valence-corrected chi connectivity index (χ4v) is 9.02.